The van der Waals surface area contributed by atoms with Crippen molar-refractivity contribution in [2.45, 2.75) is 38.1 Å². The molecular weight excluding hydrogens is 240 g/mol. The number of nitrogens with two attached hydrogens (primary N) is 1. The van der Waals surface area contributed by atoms with Crippen molar-refractivity contribution >= 4 is 5.91 Å². The highest BCUT2D eigenvalue weighted by atomic mass is 16.5. The molecule has 1 atom stereocenters. The van der Waals surface area contributed by atoms with Crippen LogP contribution in [0.15, 0.2) is 24.3 Å². The molecule has 1 amide bonds. The van der Waals surface area contributed by atoms with E-state index in [9.17, 15) is 4.79 Å². The van der Waals surface area contributed by atoms with Crippen LogP contribution in [0.2, 0.25) is 0 Å². The Labute approximate surface area is 114 Å². The molecule has 2 rings (SSSR count). The van der Waals surface area contributed by atoms with Gasteiger partial charge in [-0.2, -0.15) is 0 Å². The maximum Gasteiger partial charge on any atom is 0.219 e. The molecular formula is C15H22N2O2. The molecule has 1 aromatic carbocycles. The lowest BCUT2D eigenvalue weighted by atomic mass is 9.91. The Kier molecular flexibility index (Phi) is 4.10. The van der Waals surface area contributed by atoms with Gasteiger partial charge in [-0.1, -0.05) is 18.2 Å². The zero-order valence-corrected chi connectivity index (χ0v) is 11.6. The van der Waals surface area contributed by atoms with Crippen molar-refractivity contribution in [1.82, 2.24) is 5.32 Å². The van der Waals surface area contributed by atoms with E-state index >= 15 is 0 Å². The van der Waals surface area contributed by atoms with Crippen LogP contribution < -0.4 is 15.8 Å². The first-order valence-electron chi connectivity index (χ1n) is 6.73. The SMILES string of the molecule is CC(C)(CC(N)=O)NCC1CCOc2ccccc21. The predicted molar refractivity (Wildman–Crippen MR) is 75.2 cm³/mol. The van der Waals surface area contributed by atoms with E-state index in [2.05, 4.69) is 11.4 Å². The molecule has 0 bridgehead atoms. The molecule has 4 heteroatoms. The van der Waals surface area contributed by atoms with Crippen LogP contribution in [-0.4, -0.2) is 24.6 Å². The van der Waals surface area contributed by atoms with E-state index in [0.717, 1.165) is 25.3 Å². The zero-order chi connectivity index (χ0) is 13.9. The van der Waals surface area contributed by atoms with Gasteiger partial charge in [-0.25, -0.2) is 0 Å². The largest absolute Gasteiger partial charge is 0.493 e. The molecule has 19 heavy (non-hydrogen) atoms. The van der Waals surface area contributed by atoms with Gasteiger partial charge < -0.3 is 15.8 Å². The highest BCUT2D eigenvalue weighted by Gasteiger charge is 2.25. The van der Waals surface area contributed by atoms with E-state index in [1.807, 2.05) is 32.0 Å². The Hall–Kier alpha value is -1.55. The minimum absolute atomic E-state index is 0.265. The summed E-state index contributed by atoms with van der Waals surface area (Å²) in [5.41, 5.74) is 6.25. The molecule has 1 aliphatic rings. The fourth-order valence-corrected chi connectivity index (χ4v) is 2.53. The highest BCUT2D eigenvalue weighted by molar-refractivity contribution is 5.75. The van der Waals surface area contributed by atoms with Crippen molar-refractivity contribution in [3.05, 3.63) is 29.8 Å². The van der Waals surface area contributed by atoms with Gasteiger partial charge in [0.15, 0.2) is 0 Å². The average Bonchev–Trinajstić information content (AvgIpc) is 2.35. The number of carbonyl (C=O) groups is 1. The van der Waals surface area contributed by atoms with Crippen LogP contribution in [0.1, 0.15) is 38.2 Å². The Morgan fingerprint density at radius 3 is 2.95 bits per heavy atom. The van der Waals surface area contributed by atoms with E-state index in [1.165, 1.54) is 5.56 Å². The Bertz CT molecular complexity index is 457. The lowest BCUT2D eigenvalue weighted by molar-refractivity contribution is -0.119. The van der Waals surface area contributed by atoms with Gasteiger partial charge >= 0.3 is 0 Å². The molecule has 0 saturated carbocycles. The smallest absolute Gasteiger partial charge is 0.219 e. The number of primary amides is 1. The van der Waals surface area contributed by atoms with Crippen molar-refractivity contribution in [1.29, 1.82) is 0 Å². The molecule has 0 radical (unpaired) electrons. The van der Waals surface area contributed by atoms with Gasteiger partial charge in [0.25, 0.3) is 0 Å². The second kappa shape index (κ2) is 5.61. The molecule has 0 fully saturated rings. The second-order valence-corrected chi connectivity index (χ2v) is 5.78. The zero-order valence-electron chi connectivity index (χ0n) is 11.6. The van der Waals surface area contributed by atoms with Crippen molar-refractivity contribution in [2.24, 2.45) is 5.73 Å². The van der Waals surface area contributed by atoms with Crippen LogP contribution in [0, 0.1) is 0 Å². The van der Waals surface area contributed by atoms with Gasteiger partial charge in [0.05, 0.1) is 6.61 Å². The third-order valence-electron chi connectivity index (χ3n) is 3.53. The summed E-state index contributed by atoms with van der Waals surface area (Å²) < 4.78 is 5.65. The summed E-state index contributed by atoms with van der Waals surface area (Å²) in [5, 5.41) is 3.44. The van der Waals surface area contributed by atoms with E-state index in [1.54, 1.807) is 0 Å². The summed E-state index contributed by atoms with van der Waals surface area (Å²) in [4.78, 5) is 11.0. The summed E-state index contributed by atoms with van der Waals surface area (Å²) in [6.45, 7) is 5.59. The number of carbonyl (C=O) groups excluding carboxylic acids is 1. The fourth-order valence-electron chi connectivity index (χ4n) is 2.53. The van der Waals surface area contributed by atoms with E-state index in [4.69, 9.17) is 10.5 Å². The van der Waals surface area contributed by atoms with Crippen molar-refractivity contribution < 1.29 is 9.53 Å². The maximum atomic E-state index is 11.0. The first kappa shape index (κ1) is 13.9. The van der Waals surface area contributed by atoms with Gasteiger partial charge in [-0.15, -0.1) is 0 Å². The van der Waals surface area contributed by atoms with Crippen LogP contribution in [0.3, 0.4) is 0 Å². The van der Waals surface area contributed by atoms with Crippen molar-refractivity contribution in [3.8, 4) is 5.75 Å². The number of benzene rings is 1. The van der Waals surface area contributed by atoms with Gasteiger partial charge in [0, 0.05) is 24.4 Å². The van der Waals surface area contributed by atoms with Gasteiger partial charge in [-0.05, 0) is 31.9 Å². The molecule has 0 aliphatic carbocycles. The van der Waals surface area contributed by atoms with Crippen molar-refractivity contribution in [2.75, 3.05) is 13.2 Å². The number of hydrogen-bond donors (Lipinski definition) is 2. The summed E-state index contributed by atoms with van der Waals surface area (Å²) in [6, 6.07) is 8.15. The Morgan fingerprint density at radius 1 is 1.47 bits per heavy atom. The van der Waals surface area contributed by atoms with Gasteiger partial charge in [0.1, 0.15) is 5.75 Å². The first-order valence-corrected chi connectivity index (χ1v) is 6.73. The number of nitrogens with one attached hydrogen (secondary N) is 1. The van der Waals surface area contributed by atoms with E-state index in [-0.39, 0.29) is 11.4 Å². The predicted octanol–water partition coefficient (Wildman–Crippen LogP) is 1.80. The van der Waals surface area contributed by atoms with Crippen LogP contribution in [0.5, 0.6) is 5.75 Å². The fraction of sp³-hybridized carbons (Fsp3) is 0.533. The Balaban J connectivity index is 1.99. The second-order valence-electron chi connectivity index (χ2n) is 5.78. The third kappa shape index (κ3) is 3.70. The van der Waals surface area contributed by atoms with Crippen LogP contribution >= 0.6 is 0 Å². The molecule has 1 aliphatic heterocycles. The maximum absolute atomic E-state index is 11.0. The first-order chi connectivity index (χ1) is 8.98. The molecule has 1 unspecified atom stereocenters. The monoisotopic (exact) mass is 262 g/mol. The molecule has 0 spiro atoms. The summed E-state index contributed by atoms with van der Waals surface area (Å²) in [5.74, 6) is 1.13. The summed E-state index contributed by atoms with van der Waals surface area (Å²) in [6.07, 6.45) is 1.34. The number of fused-ring (bicyclic) bond motifs is 1. The topological polar surface area (TPSA) is 64.4 Å². The Morgan fingerprint density at radius 2 is 2.21 bits per heavy atom. The van der Waals surface area contributed by atoms with Crippen molar-refractivity contribution in [3.63, 3.8) is 0 Å². The number of amides is 1. The lowest BCUT2D eigenvalue weighted by Gasteiger charge is -2.31. The van der Waals surface area contributed by atoms with Gasteiger partial charge in [0.2, 0.25) is 5.91 Å². The standard InChI is InChI=1S/C15H22N2O2/c1-15(2,9-14(16)18)17-10-11-7-8-19-13-6-4-3-5-12(11)13/h3-6,11,17H,7-10H2,1-2H3,(H2,16,18). The molecule has 0 aromatic heterocycles. The lowest BCUT2D eigenvalue weighted by Crippen LogP contribution is -2.44. The number of hydrogen-bond acceptors (Lipinski definition) is 3. The molecule has 4 nitrogen and oxygen atoms in total. The number of rotatable bonds is 5. The van der Waals surface area contributed by atoms with E-state index in [0.29, 0.717) is 12.3 Å². The molecule has 0 saturated heterocycles. The van der Waals surface area contributed by atoms with E-state index < -0.39 is 0 Å². The van der Waals surface area contributed by atoms with Gasteiger partial charge in [-0.3, -0.25) is 4.79 Å². The molecule has 1 heterocycles. The summed E-state index contributed by atoms with van der Waals surface area (Å²) >= 11 is 0. The highest BCUT2D eigenvalue weighted by Crippen LogP contribution is 2.33. The van der Waals surface area contributed by atoms with Crippen LogP contribution in [0.4, 0.5) is 0 Å². The third-order valence-corrected chi connectivity index (χ3v) is 3.53. The van der Waals surface area contributed by atoms with Crippen LogP contribution in [-0.2, 0) is 4.79 Å². The normalized spacial score (nSPS) is 18.5. The minimum atomic E-state index is -0.273. The minimum Gasteiger partial charge on any atom is -0.493 e. The number of ether oxygens (including phenoxy) is 1. The summed E-state index contributed by atoms with van der Waals surface area (Å²) in [7, 11) is 0. The quantitative estimate of drug-likeness (QED) is 0.850. The molecule has 104 valence electrons. The average molecular weight is 262 g/mol. The number of para-hydroxylation sites is 1. The molecule has 1 aromatic rings. The van der Waals surface area contributed by atoms with Crippen LogP contribution in [0.25, 0.3) is 0 Å². The molecule has 3 N–H and O–H groups in total.